The SMILES string of the molecule is CC.Cn1c(=O)[nH]c(=O)c2c1nc(Br)n2CCC(N)=O. The van der Waals surface area contributed by atoms with Crippen molar-refractivity contribution in [3.05, 3.63) is 25.6 Å². The van der Waals surface area contributed by atoms with Crippen LogP contribution in [-0.4, -0.2) is 25.0 Å². The lowest BCUT2D eigenvalue weighted by atomic mass is 10.4. The Morgan fingerprint density at radius 1 is 1.40 bits per heavy atom. The van der Waals surface area contributed by atoms with E-state index >= 15 is 0 Å². The number of halogens is 1. The van der Waals surface area contributed by atoms with Gasteiger partial charge in [0.15, 0.2) is 15.9 Å². The van der Waals surface area contributed by atoms with Gasteiger partial charge in [-0.1, -0.05) is 13.8 Å². The molecule has 20 heavy (non-hydrogen) atoms. The van der Waals surface area contributed by atoms with Crippen LogP contribution < -0.4 is 17.0 Å². The predicted molar refractivity (Wildman–Crippen MR) is 78.5 cm³/mol. The van der Waals surface area contributed by atoms with Crippen molar-refractivity contribution in [1.29, 1.82) is 0 Å². The molecule has 2 heterocycles. The summed E-state index contributed by atoms with van der Waals surface area (Å²) < 4.78 is 3.09. The molecule has 2 aromatic rings. The summed E-state index contributed by atoms with van der Waals surface area (Å²) in [6.07, 6.45) is 0.0757. The van der Waals surface area contributed by atoms with Gasteiger partial charge in [0.2, 0.25) is 5.91 Å². The first-order valence-corrected chi connectivity index (χ1v) is 6.84. The maximum absolute atomic E-state index is 11.8. The summed E-state index contributed by atoms with van der Waals surface area (Å²) in [5.41, 5.74) is 4.46. The molecule has 0 aromatic carbocycles. The van der Waals surface area contributed by atoms with Crippen molar-refractivity contribution in [3.63, 3.8) is 0 Å². The number of carbonyl (C=O) groups is 1. The molecule has 8 nitrogen and oxygen atoms in total. The molecule has 0 aliphatic carbocycles. The highest BCUT2D eigenvalue weighted by Crippen LogP contribution is 2.16. The van der Waals surface area contributed by atoms with Crippen molar-refractivity contribution < 1.29 is 4.79 Å². The topological polar surface area (TPSA) is 116 Å². The molecule has 0 aliphatic rings. The normalized spacial score (nSPS) is 10.2. The summed E-state index contributed by atoms with van der Waals surface area (Å²) in [7, 11) is 1.50. The number of carbonyl (C=O) groups excluding carboxylic acids is 1. The van der Waals surface area contributed by atoms with Crippen molar-refractivity contribution in [2.24, 2.45) is 12.8 Å². The molecule has 110 valence electrons. The monoisotopic (exact) mass is 345 g/mol. The Kier molecular flexibility index (Phi) is 5.26. The molecule has 0 saturated heterocycles. The van der Waals surface area contributed by atoms with E-state index in [4.69, 9.17) is 5.73 Å². The van der Waals surface area contributed by atoms with E-state index in [1.807, 2.05) is 13.8 Å². The van der Waals surface area contributed by atoms with Crippen molar-refractivity contribution >= 4 is 33.0 Å². The Labute approximate surface area is 122 Å². The van der Waals surface area contributed by atoms with Gasteiger partial charge < -0.3 is 10.3 Å². The number of aryl methyl sites for hydroxylation is 2. The molecule has 1 amide bonds. The zero-order valence-electron chi connectivity index (χ0n) is 11.4. The Balaban J connectivity index is 0.000000956. The zero-order chi connectivity index (χ0) is 15.4. The van der Waals surface area contributed by atoms with Crippen LogP contribution >= 0.6 is 15.9 Å². The summed E-state index contributed by atoms with van der Waals surface area (Å²) in [5, 5.41) is 0. The summed E-state index contributed by atoms with van der Waals surface area (Å²) in [4.78, 5) is 40.2. The Hall–Kier alpha value is -1.90. The number of amides is 1. The second kappa shape index (κ2) is 6.51. The third kappa shape index (κ3) is 2.98. The van der Waals surface area contributed by atoms with E-state index in [0.717, 1.165) is 0 Å². The minimum atomic E-state index is -0.546. The van der Waals surface area contributed by atoms with E-state index in [9.17, 15) is 14.4 Å². The van der Waals surface area contributed by atoms with Crippen LogP contribution in [0.1, 0.15) is 20.3 Å². The van der Waals surface area contributed by atoms with E-state index in [1.54, 1.807) is 0 Å². The molecule has 0 fully saturated rings. The zero-order valence-corrected chi connectivity index (χ0v) is 13.0. The maximum Gasteiger partial charge on any atom is 0.329 e. The second-order valence-electron chi connectivity index (χ2n) is 3.74. The van der Waals surface area contributed by atoms with Crippen molar-refractivity contribution in [3.8, 4) is 0 Å². The van der Waals surface area contributed by atoms with E-state index in [2.05, 4.69) is 25.9 Å². The van der Waals surface area contributed by atoms with Crippen LogP contribution in [0.15, 0.2) is 14.3 Å². The number of hydrogen-bond donors (Lipinski definition) is 2. The van der Waals surface area contributed by atoms with Crippen LogP contribution in [0.3, 0.4) is 0 Å². The number of imidazole rings is 1. The molecule has 0 atom stereocenters. The van der Waals surface area contributed by atoms with Gasteiger partial charge in [-0.15, -0.1) is 0 Å². The lowest BCUT2D eigenvalue weighted by Crippen LogP contribution is -2.29. The number of nitrogens with zero attached hydrogens (tertiary/aromatic N) is 3. The van der Waals surface area contributed by atoms with Crippen LogP contribution in [0, 0.1) is 0 Å². The number of aromatic nitrogens is 4. The van der Waals surface area contributed by atoms with E-state index < -0.39 is 17.2 Å². The van der Waals surface area contributed by atoms with Gasteiger partial charge in [0.1, 0.15) is 0 Å². The number of aromatic amines is 1. The summed E-state index contributed by atoms with van der Waals surface area (Å²) in [6.45, 7) is 4.22. The first-order chi connectivity index (χ1) is 9.41. The molecule has 0 unspecified atom stereocenters. The number of hydrogen-bond acceptors (Lipinski definition) is 4. The Bertz CT molecular complexity index is 743. The number of fused-ring (bicyclic) bond motifs is 1. The molecule has 0 aliphatic heterocycles. The molecule has 2 aromatic heterocycles. The van der Waals surface area contributed by atoms with Gasteiger partial charge in [-0.25, -0.2) is 9.78 Å². The third-order valence-corrected chi connectivity index (χ3v) is 3.15. The molecule has 3 N–H and O–H groups in total. The molecule has 0 radical (unpaired) electrons. The molecule has 0 spiro atoms. The molecule has 9 heteroatoms. The van der Waals surface area contributed by atoms with Gasteiger partial charge in [-0.05, 0) is 15.9 Å². The van der Waals surface area contributed by atoms with Gasteiger partial charge in [-0.2, -0.15) is 0 Å². The molecule has 2 rings (SSSR count). The number of rotatable bonds is 3. The van der Waals surface area contributed by atoms with Crippen LogP contribution in [0.4, 0.5) is 0 Å². The van der Waals surface area contributed by atoms with Crippen LogP contribution in [-0.2, 0) is 18.4 Å². The number of primary amides is 1. The van der Waals surface area contributed by atoms with Crippen molar-refractivity contribution in [1.82, 2.24) is 19.1 Å². The molecule has 0 saturated carbocycles. The lowest BCUT2D eigenvalue weighted by molar-refractivity contribution is -0.118. The molecule has 0 bridgehead atoms. The van der Waals surface area contributed by atoms with E-state index in [-0.39, 0.29) is 24.1 Å². The predicted octanol–water partition coefficient (Wildman–Crippen LogP) is 0.0874. The number of nitrogens with one attached hydrogen (secondary N) is 1. The minimum Gasteiger partial charge on any atom is -0.370 e. The quantitative estimate of drug-likeness (QED) is 0.766. The Morgan fingerprint density at radius 3 is 2.55 bits per heavy atom. The summed E-state index contributed by atoms with van der Waals surface area (Å²) >= 11 is 3.18. The molecular weight excluding hydrogens is 330 g/mol. The fourth-order valence-corrected chi connectivity index (χ4v) is 2.16. The summed E-state index contributed by atoms with van der Waals surface area (Å²) in [6, 6.07) is 0. The molecular formula is C11H16BrN5O3. The van der Waals surface area contributed by atoms with Gasteiger partial charge in [0, 0.05) is 20.0 Å². The number of H-pyrrole nitrogens is 1. The lowest BCUT2D eigenvalue weighted by Gasteiger charge is -2.03. The fraction of sp³-hybridized carbons (Fsp3) is 0.455. The standard InChI is InChI=1S/C9H10BrN5O3.C2H6/c1-14-6-5(7(17)13-9(14)18)15(8(10)12-6)3-2-4(11)16;1-2/h2-3H2,1H3,(H2,11,16)(H,13,17,18);1-2H3. The second-order valence-corrected chi connectivity index (χ2v) is 4.45. The van der Waals surface area contributed by atoms with Crippen molar-refractivity contribution in [2.75, 3.05) is 0 Å². The third-order valence-electron chi connectivity index (χ3n) is 2.54. The van der Waals surface area contributed by atoms with E-state index in [1.165, 1.54) is 16.2 Å². The Morgan fingerprint density at radius 2 is 2.00 bits per heavy atom. The average Bonchev–Trinajstić information content (AvgIpc) is 2.73. The maximum atomic E-state index is 11.8. The van der Waals surface area contributed by atoms with Crippen LogP contribution in [0.2, 0.25) is 0 Å². The van der Waals surface area contributed by atoms with Crippen molar-refractivity contribution in [2.45, 2.75) is 26.8 Å². The first-order valence-electron chi connectivity index (χ1n) is 6.05. The van der Waals surface area contributed by atoms with Gasteiger partial charge in [0.05, 0.1) is 0 Å². The van der Waals surface area contributed by atoms with Crippen LogP contribution in [0.5, 0.6) is 0 Å². The average molecular weight is 346 g/mol. The largest absolute Gasteiger partial charge is 0.370 e. The minimum absolute atomic E-state index is 0.0757. The first kappa shape index (κ1) is 16.2. The van der Waals surface area contributed by atoms with Gasteiger partial charge in [-0.3, -0.25) is 19.1 Å². The highest BCUT2D eigenvalue weighted by molar-refractivity contribution is 9.10. The van der Waals surface area contributed by atoms with Crippen LogP contribution in [0.25, 0.3) is 11.2 Å². The van der Waals surface area contributed by atoms with Gasteiger partial charge in [0.25, 0.3) is 5.56 Å². The number of nitrogens with two attached hydrogens (primary N) is 1. The van der Waals surface area contributed by atoms with E-state index in [0.29, 0.717) is 4.73 Å². The summed E-state index contributed by atoms with van der Waals surface area (Å²) in [5.74, 6) is -0.481. The highest BCUT2D eigenvalue weighted by Gasteiger charge is 2.15. The smallest absolute Gasteiger partial charge is 0.329 e. The van der Waals surface area contributed by atoms with Gasteiger partial charge >= 0.3 is 5.69 Å². The fourth-order valence-electron chi connectivity index (χ4n) is 1.63. The highest BCUT2D eigenvalue weighted by atomic mass is 79.9.